The molecule has 0 unspecified atom stereocenters. The summed E-state index contributed by atoms with van der Waals surface area (Å²) in [4.78, 5) is 12.2. The first kappa shape index (κ1) is 17.8. The van der Waals surface area contributed by atoms with Crippen LogP contribution in [0.2, 0.25) is 0 Å². The summed E-state index contributed by atoms with van der Waals surface area (Å²) in [6, 6.07) is 22.2. The summed E-state index contributed by atoms with van der Waals surface area (Å²) in [6.45, 7) is 1.97. The Hall–Kier alpha value is -2.98. The molecule has 2 amide bonds. The van der Waals surface area contributed by atoms with E-state index in [1.54, 1.807) is 18.2 Å². The van der Waals surface area contributed by atoms with Gasteiger partial charge in [0.05, 0.1) is 5.88 Å². The molecule has 0 aliphatic carbocycles. The zero-order valence-corrected chi connectivity index (χ0v) is 15.1. The fraction of sp³-hybridized carbons (Fsp3) is 0.0952. The lowest BCUT2D eigenvalue weighted by Crippen LogP contribution is -2.19. The number of halogens is 1. The lowest BCUT2D eigenvalue weighted by Gasteiger charge is -2.13. The highest BCUT2D eigenvalue weighted by molar-refractivity contribution is 6.17. The molecule has 0 fully saturated rings. The summed E-state index contributed by atoms with van der Waals surface area (Å²) in [5.74, 6) is 1.67. The van der Waals surface area contributed by atoms with E-state index >= 15 is 0 Å². The molecule has 0 atom stereocenters. The van der Waals surface area contributed by atoms with Gasteiger partial charge in [-0.3, -0.25) is 0 Å². The molecule has 0 aromatic heterocycles. The van der Waals surface area contributed by atoms with Crippen LogP contribution < -0.4 is 15.4 Å². The molecule has 3 aromatic rings. The Morgan fingerprint density at radius 3 is 2.35 bits per heavy atom. The Balaban J connectivity index is 1.69. The second-order valence-corrected chi connectivity index (χ2v) is 6.09. The lowest BCUT2D eigenvalue weighted by molar-refractivity contribution is 0.262. The van der Waals surface area contributed by atoms with Crippen LogP contribution in [-0.4, -0.2) is 6.03 Å². The van der Waals surface area contributed by atoms with Gasteiger partial charge in [-0.2, -0.15) is 0 Å². The molecule has 2 N–H and O–H groups in total. The van der Waals surface area contributed by atoms with E-state index in [1.165, 1.54) is 0 Å². The molecular weight excluding hydrogens is 348 g/mol. The van der Waals surface area contributed by atoms with Crippen molar-refractivity contribution in [1.82, 2.24) is 0 Å². The van der Waals surface area contributed by atoms with Crippen LogP contribution in [0, 0.1) is 6.92 Å². The standard InChI is InChI=1S/C21H19ClN2O2/c1-15-6-5-7-17(12-15)23-21(25)24-18-10-11-20(16(13-18)14-22)26-19-8-3-2-4-9-19/h2-13H,14H2,1H3,(H2,23,24,25). The predicted molar refractivity (Wildman–Crippen MR) is 106 cm³/mol. The smallest absolute Gasteiger partial charge is 0.323 e. The van der Waals surface area contributed by atoms with Crippen molar-refractivity contribution in [1.29, 1.82) is 0 Å². The Bertz CT molecular complexity index is 898. The van der Waals surface area contributed by atoms with Crippen molar-refractivity contribution in [3.05, 3.63) is 83.9 Å². The minimum Gasteiger partial charge on any atom is -0.457 e. The van der Waals surface area contributed by atoms with E-state index in [4.69, 9.17) is 16.3 Å². The fourth-order valence-electron chi connectivity index (χ4n) is 2.49. The molecule has 0 aliphatic heterocycles. The molecule has 132 valence electrons. The van der Waals surface area contributed by atoms with Gasteiger partial charge in [0.15, 0.2) is 0 Å². The highest BCUT2D eigenvalue weighted by Crippen LogP contribution is 2.29. The van der Waals surface area contributed by atoms with Crippen molar-refractivity contribution in [2.45, 2.75) is 12.8 Å². The largest absolute Gasteiger partial charge is 0.457 e. The summed E-state index contributed by atoms with van der Waals surface area (Å²) in [7, 11) is 0. The Morgan fingerprint density at radius 2 is 1.65 bits per heavy atom. The Kier molecular flexibility index (Phi) is 5.77. The van der Waals surface area contributed by atoms with Crippen LogP contribution in [0.3, 0.4) is 0 Å². The SMILES string of the molecule is Cc1cccc(NC(=O)Nc2ccc(Oc3ccccc3)c(CCl)c2)c1. The molecule has 0 radical (unpaired) electrons. The number of amides is 2. The van der Waals surface area contributed by atoms with Gasteiger partial charge >= 0.3 is 6.03 Å². The van der Waals surface area contributed by atoms with Crippen LogP contribution >= 0.6 is 11.6 Å². The predicted octanol–water partition coefficient (Wildman–Crippen LogP) is 6.17. The average molecular weight is 367 g/mol. The number of benzene rings is 3. The lowest BCUT2D eigenvalue weighted by atomic mass is 10.2. The quantitative estimate of drug-likeness (QED) is 0.530. The van der Waals surface area contributed by atoms with E-state index in [-0.39, 0.29) is 11.9 Å². The van der Waals surface area contributed by atoms with Crippen molar-refractivity contribution >= 4 is 29.0 Å². The average Bonchev–Trinajstić information content (AvgIpc) is 2.63. The van der Waals surface area contributed by atoms with Crippen LogP contribution in [0.5, 0.6) is 11.5 Å². The number of aryl methyl sites for hydroxylation is 1. The summed E-state index contributed by atoms with van der Waals surface area (Å²) in [6.07, 6.45) is 0. The van der Waals surface area contributed by atoms with Crippen molar-refractivity contribution in [2.24, 2.45) is 0 Å². The first-order valence-electron chi connectivity index (χ1n) is 8.20. The van der Waals surface area contributed by atoms with E-state index in [1.807, 2.05) is 61.5 Å². The maximum Gasteiger partial charge on any atom is 0.323 e. The molecule has 5 heteroatoms. The van der Waals surface area contributed by atoms with Gasteiger partial charge in [0.1, 0.15) is 11.5 Å². The summed E-state index contributed by atoms with van der Waals surface area (Å²) in [5.41, 5.74) is 3.26. The van der Waals surface area contributed by atoms with Crippen molar-refractivity contribution in [3.63, 3.8) is 0 Å². The number of ether oxygens (including phenoxy) is 1. The van der Waals surface area contributed by atoms with Gasteiger partial charge < -0.3 is 15.4 Å². The number of nitrogens with one attached hydrogen (secondary N) is 2. The normalized spacial score (nSPS) is 10.2. The maximum atomic E-state index is 12.2. The van der Waals surface area contributed by atoms with Crippen LogP contribution in [0.1, 0.15) is 11.1 Å². The van der Waals surface area contributed by atoms with Gasteiger partial charge in [-0.25, -0.2) is 4.79 Å². The molecule has 3 aromatic carbocycles. The molecule has 0 aliphatic rings. The van der Waals surface area contributed by atoms with Gasteiger partial charge in [0.2, 0.25) is 0 Å². The van der Waals surface area contributed by atoms with Crippen molar-refractivity contribution in [2.75, 3.05) is 10.6 Å². The summed E-state index contributed by atoms with van der Waals surface area (Å²) >= 11 is 6.05. The third kappa shape index (κ3) is 4.77. The maximum absolute atomic E-state index is 12.2. The minimum atomic E-state index is -0.312. The number of hydrogen-bond donors (Lipinski definition) is 2. The number of anilines is 2. The Morgan fingerprint density at radius 1 is 0.923 bits per heavy atom. The monoisotopic (exact) mass is 366 g/mol. The number of para-hydroxylation sites is 1. The second kappa shape index (κ2) is 8.41. The molecule has 0 spiro atoms. The Labute approximate surface area is 157 Å². The number of rotatable bonds is 5. The summed E-state index contributed by atoms with van der Waals surface area (Å²) in [5, 5.41) is 5.62. The highest BCUT2D eigenvalue weighted by atomic mass is 35.5. The van der Waals surface area contributed by atoms with Gasteiger partial charge in [0, 0.05) is 16.9 Å². The van der Waals surface area contributed by atoms with Crippen molar-refractivity contribution in [3.8, 4) is 11.5 Å². The van der Waals surface area contributed by atoms with E-state index in [2.05, 4.69) is 10.6 Å². The molecule has 4 nitrogen and oxygen atoms in total. The zero-order chi connectivity index (χ0) is 18.4. The highest BCUT2D eigenvalue weighted by Gasteiger charge is 2.08. The van der Waals surface area contributed by atoms with Crippen LogP contribution in [0.4, 0.5) is 16.2 Å². The molecule has 0 heterocycles. The third-order valence-electron chi connectivity index (χ3n) is 3.71. The minimum absolute atomic E-state index is 0.275. The molecule has 0 saturated heterocycles. The van der Waals surface area contributed by atoms with Gasteiger partial charge in [-0.15, -0.1) is 11.6 Å². The van der Waals surface area contributed by atoms with E-state index in [9.17, 15) is 4.79 Å². The molecule has 26 heavy (non-hydrogen) atoms. The topological polar surface area (TPSA) is 50.4 Å². The number of alkyl halides is 1. The first-order chi connectivity index (χ1) is 12.6. The van der Waals surface area contributed by atoms with Crippen LogP contribution in [-0.2, 0) is 5.88 Å². The molecule has 0 bridgehead atoms. The number of hydrogen-bond acceptors (Lipinski definition) is 2. The van der Waals surface area contributed by atoms with Crippen LogP contribution in [0.25, 0.3) is 0 Å². The molecular formula is C21H19ClN2O2. The summed E-state index contributed by atoms with van der Waals surface area (Å²) < 4.78 is 5.86. The zero-order valence-electron chi connectivity index (χ0n) is 14.3. The second-order valence-electron chi connectivity index (χ2n) is 5.82. The van der Waals surface area contributed by atoms with E-state index < -0.39 is 0 Å². The third-order valence-corrected chi connectivity index (χ3v) is 4.00. The van der Waals surface area contributed by atoms with E-state index in [0.717, 1.165) is 22.6 Å². The van der Waals surface area contributed by atoms with Gasteiger partial charge in [0.25, 0.3) is 0 Å². The first-order valence-corrected chi connectivity index (χ1v) is 8.74. The van der Waals surface area contributed by atoms with Gasteiger partial charge in [-0.1, -0.05) is 30.3 Å². The number of carbonyl (C=O) groups is 1. The molecule has 3 rings (SSSR count). The molecule has 0 saturated carbocycles. The fourth-order valence-corrected chi connectivity index (χ4v) is 2.70. The number of carbonyl (C=O) groups excluding carboxylic acids is 1. The van der Waals surface area contributed by atoms with E-state index in [0.29, 0.717) is 11.4 Å². The van der Waals surface area contributed by atoms with Crippen LogP contribution in [0.15, 0.2) is 72.8 Å². The number of urea groups is 1. The van der Waals surface area contributed by atoms with Crippen molar-refractivity contribution < 1.29 is 9.53 Å². The van der Waals surface area contributed by atoms with Gasteiger partial charge in [-0.05, 0) is 55.0 Å².